The lowest BCUT2D eigenvalue weighted by atomic mass is 10.2. The smallest absolute Gasteiger partial charge is 0.317 e. The van der Waals surface area contributed by atoms with Crippen LogP contribution in [0.15, 0.2) is 48.5 Å². The van der Waals surface area contributed by atoms with Crippen LogP contribution in [0.3, 0.4) is 0 Å². The molecule has 164 valence electrons. The molecule has 2 aliphatic rings. The summed E-state index contributed by atoms with van der Waals surface area (Å²) in [6.07, 6.45) is 1.54. The second-order valence-corrected chi connectivity index (χ2v) is 8.10. The number of nitrogens with one attached hydrogen (secondary N) is 1. The molecule has 0 atom stereocenters. The van der Waals surface area contributed by atoms with Crippen LogP contribution in [0.25, 0.3) is 0 Å². The number of ether oxygens (including phenoxy) is 1. The number of hydrogen-bond acceptors (Lipinski definition) is 4. The van der Waals surface area contributed by atoms with Crippen molar-refractivity contribution in [1.29, 1.82) is 0 Å². The van der Waals surface area contributed by atoms with Crippen molar-refractivity contribution in [3.63, 3.8) is 0 Å². The summed E-state index contributed by atoms with van der Waals surface area (Å²) in [5.41, 5.74) is 4.22. The lowest BCUT2D eigenvalue weighted by Crippen LogP contribution is -2.36. The van der Waals surface area contributed by atoms with Gasteiger partial charge in [0.1, 0.15) is 0 Å². The molecule has 0 bridgehead atoms. The van der Waals surface area contributed by atoms with Crippen LogP contribution in [0.5, 0.6) is 0 Å². The molecule has 7 heteroatoms. The molecular formula is C24H30N4O3. The number of carbonyl (C=O) groups excluding carboxylic acids is 2. The van der Waals surface area contributed by atoms with E-state index in [0.29, 0.717) is 19.5 Å². The van der Waals surface area contributed by atoms with Gasteiger partial charge >= 0.3 is 6.03 Å². The standard InChI is InChI=1S/C24H30N4O3/c1-26(18-20-6-8-21(9-7-20)27-13-15-31-16-14-27)24(30)25-17-19-4-10-22(11-5-19)28-12-2-3-23(28)29/h4-11H,2-3,12-18H2,1H3,(H,25,30). The van der Waals surface area contributed by atoms with Gasteiger partial charge in [-0.05, 0) is 41.8 Å². The SMILES string of the molecule is CN(Cc1ccc(N2CCOCC2)cc1)C(=O)NCc1ccc(N2CCCC2=O)cc1. The number of carbonyl (C=O) groups is 2. The highest BCUT2D eigenvalue weighted by molar-refractivity contribution is 5.95. The molecule has 0 unspecified atom stereocenters. The van der Waals surface area contributed by atoms with E-state index in [1.54, 1.807) is 11.9 Å². The first-order valence-electron chi connectivity index (χ1n) is 10.9. The maximum Gasteiger partial charge on any atom is 0.317 e. The van der Waals surface area contributed by atoms with E-state index in [1.165, 1.54) is 5.69 Å². The Bertz CT molecular complexity index is 892. The van der Waals surface area contributed by atoms with Gasteiger partial charge in [-0.25, -0.2) is 4.79 Å². The number of nitrogens with zero attached hydrogens (tertiary/aromatic N) is 3. The number of rotatable bonds is 6. The van der Waals surface area contributed by atoms with E-state index in [0.717, 1.165) is 56.1 Å². The van der Waals surface area contributed by atoms with Crippen molar-refractivity contribution in [2.45, 2.75) is 25.9 Å². The minimum absolute atomic E-state index is 0.115. The summed E-state index contributed by atoms with van der Waals surface area (Å²) in [5, 5.41) is 2.96. The van der Waals surface area contributed by atoms with Crippen molar-refractivity contribution in [3.05, 3.63) is 59.7 Å². The predicted octanol–water partition coefficient (Wildman–Crippen LogP) is 2.99. The van der Waals surface area contributed by atoms with Crippen LogP contribution in [0.4, 0.5) is 16.2 Å². The van der Waals surface area contributed by atoms with Gasteiger partial charge in [-0.15, -0.1) is 0 Å². The zero-order chi connectivity index (χ0) is 21.6. The topological polar surface area (TPSA) is 65.1 Å². The van der Waals surface area contributed by atoms with E-state index in [-0.39, 0.29) is 11.9 Å². The highest BCUT2D eigenvalue weighted by Crippen LogP contribution is 2.21. The van der Waals surface area contributed by atoms with Crippen molar-refractivity contribution in [2.24, 2.45) is 0 Å². The molecule has 0 aliphatic carbocycles. The highest BCUT2D eigenvalue weighted by Gasteiger charge is 2.21. The molecule has 0 aromatic heterocycles. The second-order valence-electron chi connectivity index (χ2n) is 8.10. The van der Waals surface area contributed by atoms with Crippen molar-refractivity contribution in [1.82, 2.24) is 10.2 Å². The number of urea groups is 1. The van der Waals surface area contributed by atoms with Crippen molar-refractivity contribution in [3.8, 4) is 0 Å². The van der Waals surface area contributed by atoms with Gasteiger partial charge in [0.05, 0.1) is 13.2 Å². The highest BCUT2D eigenvalue weighted by atomic mass is 16.5. The maximum atomic E-state index is 12.5. The second kappa shape index (κ2) is 9.83. The number of anilines is 2. The van der Waals surface area contributed by atoms with E-state index >= 15 is 0 Å². The van der Waals surface area contributed by atoms with Gasteiger partial charge in [0.2, 0.25) is 5.91 Å². The van der Waals surface area contributed by atoms with Crippen LogP contribution in [0.1, 0.15) is 24.0 Å². The number of benzene rings is 2. The third kappa shape index (κ3) is 5.35. The summed E-state index contributed by atoms with van der Waals surface area (Å²) in [5.74, 6) is 0.181. The van der Waals surface area contributed by atoms with Gasteiger partial charge in [-0.2, -0.15) is 0 Å². The van der Waals surface area contributed by atoms with Gasteiger partial charge in [0.25, 0.3) is 0 Å². The summed E-state index contributed by atoms with van der Waals surface area (Å²) >= 11 is 0. The first kappa shape index (κ1) is 21.2. The lowest BCUT2D eigenvalue weighted by molar-refractivity contribution is -0.117. The molecule has 2 fully saturated rings. The summed E-state index contributed by atoms with van der Waals surface area (Å²) in [7, 11) is 1.80. The van der Waals surface area contributed by atoms with E-state index in [9.17, 15) is 9.59 Å². The monoisotopic (exact) mass is 422 g/mol. The zero-order valence-electron chi connectivity index (χ0n) is 18.0. The molecule has 2 aromatic carbocycles. The molecule has 0 radical (unpaired) electrons. The van der Waals surface area contributed by atoms with E-state index in [2.05, 4.69) is 34.5 Å². The first-order chi connectivity index (χ1) is 15.1. The fourth-order valence-electron chi connectivity index (χ4n) is 4.01. The van der Waals surface area contributed by atoms with Gasteiger partial charge in [0, 0.05) is 57.6 Å². The Morgan fingerprint density at radius 1 is 0.968 bits per heavy atom. The molecule has 2 aromatic rings. The van der Waals surface area contributed by atoms with E-state index < -0.39 is 0 Å². The third-order valence-corrected chi connectivity index (χ3v) is 5.84. The molecule has 7 nitrogen and oxygen atoms in total. The van der Waals surface area contributed by atoms with Gasteiger partial charge in [-0.1, -0.05) is 24.3 Å². The molecular weight excluding hydrogens is 392 g/mol. The minimum Gasteiger partial charge on any atom is -0.378 e. The molecule has 1 N–H and O–H groups in total. The average Bonchev–Trinajstić information content (AvgIpc) is 3.24. The van der Waals surface area contributed by atoms with Crippen molar-refractivity contribution in [2.75, 3.05) is 49.7 Å². The fourth-order valence-corrected chi connectivity index (χ4v) is 4.01. The Labute approximate surface area is 183 Å². The van der Waals surface area contributed by atoms with Crippen LogP contribution < -0.4 is 15.1 Å². The largest absolute Gasteiger partial charge is 0.378 e. The molecule has 0 saturated carbocycles. The molecule has 2 heterocycles. The Morgan fingerprint density at radius 3 is 2.26 bits per heavy atom. The first-order valence-corrected chi connectivity index (χ1v) is 10.9. The van der Waals surface area contributed by atoms with Crippen molar-refractivity contribution >= 4 is 23.3 Å². The number of amides is 3. The zero-order valence-corrected chi connectivity index (χ0v) is 18.0. The van der Waals surface area contributed by atoms with E-state index in [1.807, 2.05) is 29.2 Å². The Hall–Kier alpha value is -3.06. The van der Waals surface area contributed by atoms with Crippen LogP contribution in [-0.2, 0) is 22.6 Å². The molecule has 3 amide bonds. The molecule has 2 saturated heterocycles. The van der Waals surface area contributed by atoms with Crippen LogP contribution in [0, 0.1) is 0 Å². The lowest BCUT2D eigenvalue weighted by Gasteiger charge is -2.29. The predicted molar refractivity (Wildman–Crippen MR) is 121 cm³/mol. The fraction of sp³-hybridized carbons (Fsp3) is 0.417. The summed E-state index contributed by atoms with van der Waals surface area (Å²) in [6, 6.07) is 16.1. The van der Waals surface area contributed by atoms with Gasteiger partial charge in [0.15, 0.2) is 0 Å². The number of hydrogen-bond donors (Lipinski definition) is 1. The summed E-state index contributed by atoms with van der Waals surface area (Å²) in [6.45, 7) is 5.15. The summed E-state index contributed by atoms with van der Waals surface area (Å²) in [4.78, 5) is 30.2. The minimum atomic E-state index is -0.115. The van der Waals surface area contributed by atoms with Gasteiger partial charge < -0.3 is 24.8 Å². The van der Waals surface area contributed by atoms with Crippen LogP contribution in [0.2, 0.25) is 0 Å². The normalized spacial score (nSPS) is 16.5. The Kier molecular flexibility index (Phi) is 6.72. The summed E-state index contributed by atoms with van der Waals surface area (Å²) < 4.78 is 5.40. The molecule has 0 spiro atoms. The molecule has 2 aliphatic heterocycles. The Morgan fingerprint density at radius 2 is 1.61 bits per heavy atom. The third-order valence-electron chi connectivity index (χ3n) is 5.84. The van der Waals surface area contributed by atoms with E-state index in [4.69, 9.17) is 4.74 Å². The van der Waals surface area contributed by atoms with Crippen LogP contribution >= 0.6 is 0 Å². The maximum absolute atomic E-state index is 12.5. The van der Waals surface area contributed by atoms with Crippen molar-refractivity contribution < 1.29 is 14.3 Å². The van der Waals surface area contributed by atoms with Gasteiger partial charge in [-0.3, -0.25) is 4.79 Å². The average molecular weight is 423 g/mol. The Balaban J connectivity index is 1.25. The molecule has 4 rings (SSSR count). The quantitative estimate of drug-likeness (QED) is 0.777. The molecule has 31 heavy (non-hydrogen) atoms. The number of morpholine rings is 1. The van der Waals surface area contributed by atoms with Crippen LogP contribution in [-0.4, -0.2) is 56.7 Å².